The molecule has 0 spiro atoms. The summed E-state index contributed by atoms with van der Waals surface area (Å²) < 4.78 is 0. The molecule has 0 rings (SSSR count). The van der Waals surface area contributed by atoms with Gasteiger partial charge in [-0.05, 0) is 0 Å². The van der Waals surface area contributed by atoms with Crippen molar-refractivity contribution in [2.24, 2.45) is 5.92 Å². The van der Waals surface area contributed by atoms with E-state index < -0.39 is 0 Å². The van der Waals surface area contributed by atoms with Gasteiger partial charge in [-0.3, -0.25) is 4.79 Å². The standard InChI is InChI=1S/C8H17NOS2/c1-7(2)8(10)9(3-5-11)4-6-12/h7,11-12H,3-6H2,1-2H3. The largest absolute Gasteiger partial charge is 0.341 e. The van der Waals surface area contributed by atoms with Crippen LogP contribution in [0, 0.1) is 5.92 Å². The van der Waals surface area contributed by atoms with Gasteiger partial charge < -0.3 is 4.90 Å². The molecule has 0 aliphatic heterocycles. The summed E-state index contributed by atoms with van der Waals surface area (Å²) in [6.07, 6.45) is 0. The normalized spacial score (nSPS) is 10.4. The van der Waals surface area contributed by atoms with E-state index in [0.29, 0.717) is 11.5 Å². The third kappa shape index (κ3) is 4.26. The lowest BCUT2D eigenvalue weighted by Crippen LogP contribution is -2.37. The molecule has 0 fully saturated rings. The van der Waals surface area contributed by atoms with Gasteiger partial charge in [0.25, 0.3) is 0 Å². The van der Waals surface area contributed by atoms with Crippen molar-refractivity contribution in [3.8, 4) is 0 Å². The Kier molecular flexibility index (Phi) is 6.76. The predicted molar refractivity (Wildman–Crippen MR) is 59.1 cm³/mol. The third-order valence-corrected chi connectivity index (χ3v) is 1.95. The molecule has 0 atom stereocenters. The molecule has 0 aromatic rings. The van der Waals surface area contributed by atoms with Crippen LogP contribution in [-0.2, 0) is 4.79 Å². The zero-order valence-electron chi connectivity index (χ0n) is 7.66. The average molecular weight is 207 g/mol. The number of hydrogen-bond donors (Lipinski definition) is 2. The number of thiol groups is 2. The van der Waals surface area contributed by atoms with Gasteiger partial charge in [-0.25, -0.2) is 0 Å². The van der Waals surface area contributed by atoms with Crippen molar-refractivity contribution < 1.29 is 4.79 Å². The fourth-order valence-corrected chi connectivity index (χ4v) is 1.42. The molecule has 0 aliphatic carbocycles. The van der Waals surface area contributed by atoms with Crippen LogP contribution in [-0.4, -0.2) is 35.4 Å². The molecule has 72 valence electrons. The molecule has 0 saturated heterocycles. The highest BCUT2D eigenvalue weighted by atomic mass is 32.1. The van der Waals surface area contributed by atoms with Crippen molar-refractivity contribution in [1.82, 2.24) is 4.90 Å². The topological polar surface area (TPSA) is 20.3 Å². The zero-order valence-corrected chi connectivity index (χ0v) is 9.44. The Balaban J connectivity index is 3.99. The molecule has 2 nitrogen and oxygen atoms in total. The Labute approximate surface area is 85.5 Å². The first-order valence-corrected chi connectivity index (χ1v) is 5.40. The molecule has 1 amide bonds. The maximum atomic E-state index is 11.5. The lowest BCUT2D eigenvalue weighted by atomic mass is 10.2. The summed E-state index contributed by atoms with van der Waals surface area (Å²) >= 11 is 8.19. The molecular weight excluding hydrogens is 190 g/mol. The summed E-state index contributed by atoms with van der Waals surface area (Å²) in [6, 6.07) is 0. The second kappa shape index (κ2) is 6.66. The fraction of sp³-hybridized carbons (Fsp3) is 0.875. The first kappa shape index (κ1) is 12.2. The second-order valence-electron chi connectivity index (χ2n) is 2.93. The van der Waals surface area contributed by atoms with E-state index in [2.05, 4.69) is 25.3 Å². The van der Waals surface area contributed by atoms with E-state index in [1.54, 1.807) is 0 Å². The van der Waals surface area contributed by atoms with Gasteiger partial charge in [0, 0.05) is 30.5 Å². The van der Waals surface area contributed by atoms with Crippen LogP contribution in [0.15, 0.2) is 0 Å². The van der Waals surface area contributed by atoms with Crippen molar-refractivity contribution in [2.75, 3.05) is 24.6 Å². The van der Waals surface area contributed by atoms with E-state index in [1.165, 1.54) is 0 Å². The van der Waals surface area contributed by atoms with Gasteiger partial charge in [-0.1, -0.05) is 13.8 Å². The Hall–Kier alpha value is 0.170. The number of nitrogens with zero attached hydrogens (tertiary/aromatic N) is 1. The lowest BCUT2D eigenvalue weighted by Gasteiger charge is -2.22. The van der Waals surface area contributed by atoms with Gasteiger partial charge in [-0.2, -0.15) is 25.3 Å². The number of amides is 1. The molecule has 0 heterocycles. The van der Waals surface area contributed by atoms with Crippen molar-refractivity contribution in [1.29, 1.82) is 0 Å². The van der Waals surface area contributed by atoms with Crippen molar-refractivity contribution in [3.63, 3.8) is 0 Å². The van der Waals surface area contributed by atoms with Crippen LogP contribution in [0.3, 0.4) is 0 Å². The molecule has 0 aromatic carbocycles. The Morgan fingerprint density at radius 2 is 1.67 bits per heavy atom. The van der Waals surface area contributed by atoms with Crippen LogP contribution < -0.4 is 0 Å². The van der Waals surface area contributed by atoms with Crippen molar-refractivity contribution in [3.05, 3.63) is 0 Å². The minimum Gasteiger partial charge on any atom is -0.341 e. The summed E-state index contributed by atoms with van der Waals surface area (Å²) in [5.74, 6) is 1.70. The van der Waals surface area contributed by atoms with Crippen molar-refractivity contribution >= 4 is 31.2 Å². The van der Waals surface area contributed by atoms with Gasteiger partial charge in [-0.15, -0.1) is 0 Å². The first-order valence-electron chi connectivity index (χ1n) is 4.14. The van der Waals surface area contributed by atoms with Crippen molar-refractivity contribution in [2.45, 2.75) is 13.8 Å². The number of carbonyl (C=O) groups is 1. The summed E-state index contributed by atoms with van der Waals surface area (Å²) in [5.41, 5.74) is 0. The lowest BCUT2D eigenvalue weighted by molar-refractivity contribution is -0.133. The maximum absolute atomic E-state index is 11.5. The average Bonchev–Trinajstić information content (AvgIpc) is 2.03. The van der Waals surface area contributed by atoms with E-state index in [4.69, 9.17) is 0 Å². The Morgan fingerprint density at radius 3 is 1.92 bits per heavy atom. The van der Waals surface area contributed by atoms with Crippen LogP contribution >= 0.6 is 25.3 Å². The SMILES string of the molecule is CC(C)C(=O)N(CCS)CCS. The smallest absolute Gasteiger partial charge is 0.225 e. The summed E-state index contributed by atoms with van der Waals surface area (Å²) in [7, 11) is 0. The van der Waals surface area contributed by atoms with Gasteiger partial charge >= 0.3 is 0 Å². The molecular formula is C8H17NOS2. The van der Waals surface area contributed by atoms with E-state index in [1.807, 2.05) is 18.7 Å². The molecule has 0 bridgehead atoms. The second-order valence-corrected chi connectivity index (χ2v) is 3.82. The molecule has 0 radical (unpaired) electrons. The van der Waals surface area contributed by atoms with Gasteiger partial charge in [0.2, 0.25) is 5.91 Å². The van der Waals surface area contributed by atoms with Gasteiger partial charge in [0.15, 0.2) is 0 Å². The monoisotopic (exact) mass is 207 g/mol. The minimum atomic E-state index is 0.0739. The summed E-state index contributed by atoms with van der Waals surface area (Å²) in [4.78, 5) is 13.3. The van der Waals surface area contributed by atoms with Gasteiger partial charge in [0.05, 0.1) is 0 Å². The fourth-order valence-electron chi connectivity index (χ4n) is 0.939. The van der Waals surface area contributed by atoms with Crippen LogP contribution in [0.4, 0.5) is 0 Å². The Morgan fingerprint density at radius 1 is 1.25 bits per heavy atom. The highest BCUT2D eigenvalue weighted by Crippen LogP contribution is 2.01. The molecule has 0 unspecified atom stereocenters. The molecule has 0 aliphatic rings. The highest BCUT2D eigenvalue weighted by Gasteiger charge is 2.14. The van der Waals surface area contributed by atoms with Crippen LogP contribution in [0.1, 0.15) is 13.8 Å². The number of rotatable bonds is 5. The molecule has 12 heavy (non-hydrogen) atoms. The minimum absolute atomic E-state index is 0.0739. The maximum Gasteiger partial charge on any atom is 0.225 e. The summed E-state index contributed by atoms with van der Waals surface area (Å²) in [5, 5.41) is 0. The van der Waals surface area contributed by atoms with Crippen LogP contribution in [0.25, 0.3) is 0 Å². The molecule has 4 heteroatoms. The molecule has 0 N–H and O–H groups in total. The number of carbonyl (C=O) groups excluding carboxylic acids is 1. The quantitative estimate of drug-likeness (QED) is 0.652. The van der Waals surface area contributed by atoms with E-state index in [-0.39, 0.29) is 11.8 Å². The summed E-state index contributed by atoms with van der Waals surface area (Å²) in [6.45, 7) is 5.26. The molecule has 0 aromatic heterocycles. The Bertz CT molecular complexity index is 133. The highest BCUT2D eigenvalue weighted by molar-refractivity contribution is 7.80. The number of hydrogen-bond acceptors (Lipinski definition) is 3. The van der Waals surface area contributed by atoms with E-state index in [9.17, 15) is 4.79 Å². The van der Waals surface area contributed by atoms with Crippen LogP contribution in [0.5, 0.6) is 0 Å². The first-order chi connectivity index (χ1) is 5.63. The zero-order chi connectivity index (χ0) is 9.56. The molecule has 0 saturated carbocycles. The van der Waals surface area contributed by atoms with E-state index >= 15 is 0 Å². The predicted octanol–water partition coefficient (Wildman–Crippen LogP) is 1.33. The van der Waals surface area contributed by atoms with Gasteiger partial charge in [0.1, 0.15) is 0 Å². The van der Waals surface area contributed by atoms with Crippen LogP contribution in [0.2, 0.25) is 0 Å². The van der Waals surface area contributed by atoms with E-state index in [0.717, 1.165) is 13.1 Å². The third-order valence-electron chi connectivity index (χ3n) is 1.55.